The SMILES string of the molecule is Cc1cc(C)c(-c2cc([C@H](CC(=O)O)NC(=O)[C@H](CC(C)C)n3nc(CCN4CC(F)C4)cc(C)c3=O)c(F)c(C(F)(F)F)c2)c(C)c1. The number of nitrogens with zero attached hydrogens (tertiary/aromatic N) is 3. The number of carbonyl (C=O) groups excluding carboxylic acids is 1. The van der Waals surface area contributed by atoms with E-state index in [9.17, 15) is 37.1 Å². The molecule has 1 saturated heterocycles. The van der Waals surface area contributed by atoms with Gasteiger partial charge in [-0.15, -0.1) is 0 Å². The second-order valence-corrected chi connectivity index (χ2v) is 13.2. The third kappa shape index (κ3) is 8.47. The molecular formula is C35H41F5N4O4. The Hall–Kier alpha value is -4.13. The van der Waals surface area contributed by atoms with Crippen molar-refractivity contribution in [2.24, 2.45) is 5.92 Å². The summed E-state index contributed by atoms with van der Waals surface area (Å²) < 4.78 is 72.8. The number of rotatable bonds is 12. The van der Waals surface area contributed by atoms with Crippen LogP contribution >= 0.6 is 0 Å². The van der Waals surface area contributed by atoms with Crippen LogP contribution < -0.4 is 10.9 Å². The zero-order chi connectivity index (χ0) is 35.7. The Labute approximate surface area is 276 Å². The Morgan fingerprint density at radius 1 is 1.02 bits per heavy atom. The zero-order valence-electron chi connectivity index (χ0n) is 27.8. The normalized spacial score (nSPS) is 15.3. The molecule has 0 radical (unpaired) electrons. The third-order valence-corrected chi connectivity index (χ3v) is 8.50. The quantitative estimate of drug-likeness (QED) is 0.215. The molecule has 1 amide bonds. The first kappa shape index (κ1) is 36.7. The van der Waals surface area contributed by atoms with Gasteiger partial charge >= 0.3 is 12.1 Å². The highest BCUT2D eigenvalue weighted by atomic mass is 19.4. The number of alkyl halides is 4. The minimum Gasteiger partial charge on any atom is -0.481 e. The van der Waals surface area contributed by atoms with Gasteiger partial charge in [-0.3, -0.25) is 19.3 Å². The van der Waals surface area contributed by atoms with Crippen LogP contribution in [-0.2, 0) is 22.2 Å². The molecule has 1 aliphatic rings. The van der Waals surface area contributed by atoms with Crippen LogP contribution in [0.5, 0.6) is 0 Å². The first-order valence-corrected chi connectivity index (χ1v) is 15.8. The second-order valence-electron chi connectivity index (χ2n) is 13.2. The van der Waals surface area contributed by atoms with Crippen molar-refractivity contribution < 1.29 is 36.6 Å². The Kier molecular flexibility index (Phi) is 11.1. The summed E-state index contributed by atoms with van der Waals surface area (Å²) in [6, 6.07) is 3.95. The number of carboxylic acid groups (broad SMARTS) is 1. The second kappa shape index (κ2) is 14.6. The standard InChI is InChI=1S/C35H41F5N4O4/c1-18(2)9-29(44-34(48)22(6)12-25(42-44)7-8-43-16-24(36)17-43)33(47)41-28(15-30(45)46)26-13-23(14-27(32(26)37)35(38,39)40)31-20(4)10-19(3)11-21(31)5/h10-14,18,24,28-29H,7-9,15-17H2,1-6H3,(H,41,47)(H,45,46)/t28-,29-/m0/s1. The van der Waals surface area contributed by atoms with Gasteiger partial charge in [-0.1, -0.05) is 31.5 Å². The Morgan fingerprint density at radius 2 is 1.65 bits per heavy atom. The summed E-state index contributed by atoms with van der Waals surface area (Å²) >= 11 is 0. The van der Waals surface area contributed by atoms with Crippen LogP contribution in [0.15, 0.2) is 35.1 Å². The molecule has 1 fully saturated rings. The Morgan fingerprint density at radius 3 is 2.19 bits per heavy atom. The number of aliphatic carboxylic acids is 1. The van der Waals surface area contributed by atoms with E-state index in [0.717, 1.165) is 16.3 Å². The summed E-state index contributed by atoms with van der Waals surface area (Å²) in [7, 11) is 0. The number of hydrogen-bond acceptors (Lipinski definition) is 5. The van der Waals surface area contributed by atoms with E-state index in [1.165, 1.54) is 0 Å². The van der Waals surface area contributed by atoms with E-state index in [1.807, 2.05) is 11.8 Å². The molecule has 13 heteroatoms. The molecule has 48 heavy (non-hydrogen) atoms. The lowest BCUT2D eigenvalue weighted by Crippen LogP contribution is -2.49. The maximum absolute atomic E-state index is 15.8. The molecule has 4 rings (SSSR count). The van der Waals surface area contributed by atoms with Gasteiger partial charge in [-0.25, -0.2) is 13.5 Å². The smallest absolute Gasteiger partial charge is 0.419 e. The number of nitrogens with one attached hydrogen (secondary N) is 1. The van der Waals surface area contributed by atoms with Gasteiger partial charge in [0.2, 0.25) is 5.91 Å². The number of carboxylic acids is 1. The summed E-state index contributed by atoms with van der Waals surface area (Å²) in [5.74, 6) is -4.26. The van der Waals surface area contributed by atoms with Gasteiger partial charge in [0, 0.05) is 37.2 Å². The Bertz CT molecular complexity index is 1720. The van der Waals surface area contributed by atoms with Gasteiger partial charge in [0.05, 0.1) is 23.7 Å². The molecule has 0 bridgehead atoms. The fourth-order valence-corrected chi connectivity index (χ4v) is 6.33. The van der Waals surface area contributed by atoms with Gasteiger partial charge in [0.1, 0.15) is 18.0 Å². The van der Waals surface area contributed by atoms with E-state index in [0.29, 0.717) is 54.5 Å². The largest absolute Gasteiger partial charge is 0.481 e. The van der Waals surface area contributed by atoms with Crippen LogP contribution in [0.2, 0.25) is 0 Å². The maximum Gasteiger partial charge on any atom is 0.419 e. The van der Waals surface area contributed by atoms with Crippen LogP contribution in [0.3, 0.4) is 0 Å². The van der Waals surface area contributed by atoms with Crippen molar-refractivity contribution >= 4 is 11.9 Å². The predicted octanol–water partition coefficient (Wildman–Crippen LogP) is 6.42. The van der Waals surface area contributed by atoms with E-state index in [4.69, 9.17) is 0 Å². The first-order valence-electron chi connectivity index (χ1n) is 15.8. The fourth-order valence-electron chi connectivity index (χ4n) is 6.33. The first-order chi connectivity index (χ1) is 22.3. The molecular weight excluding hydrogens is 635 g/mol. The summed E-state index contributed by atoms with van der Waals surface area (Å²) in [5, 5.41) is 16.6. The van der Waals surface area contributed by atoms with E-state index in [1.54, 1.807) is 52.8 Å². The van der Waals surface area contributed by atoms with Crippen molar-refractivity contribution in [3.05, 3.63) is 85.6 Å². The molecule has 3 aromatic rings. The lowest BCUT2D eigenvalue weighted by molar-refractivity contribution is -0.140. The molecule has 0 spiro atoms. The van der Waals surface area contributed by atoms with Crippen molar-refractivity contribution in [1.82, 2.24) is 20.0 Å². The maximum atomic E-state index is 15.8. The highest BCUT2D eigenvalue weighted by Crippen LogP contribution is 2.40. The van der Waals surface area contributed by atoms with Crippen LogP contribution in [0.4, 0.5) is 22.0 Å². The van der Waals surface area contributed by atoms with E-state index >= 15 is 4.39 Å². The van der Waals surface area contributed by atoms with E-state index < -0.39 is 65.2 Å². The number of benzene rings is 2. The van der Waals surface area contributed by atoms with Crippen LogP contribution in [-0.4, -0.2) is 57.5 Å². The number of aryl methyl sites for hydroxylation is 4. The molecule has 8 nitrogen and oxygen atoms in total. The number of carbonyl (C=O) groups is 2. The van der Waals surface area contributed by atoms with Crippen LogP contribution in [0, 0.1) is 39.4 Å². The molecule has 0 aliphatic carbocycles. The summed E-state index contributed by atoms with van der Waals surface area (Å²) in [6.45, 7) is 11.4. The van der Waals surface area contributed by atoms with Gasteiger partial charge in [0.25, 0.3) is 5.56 Å². The molecule has 0 saturated carbocycles. The number of amides is 1. The van der Waals surface area contributed by atoms with Gasteiger partial charge in [-0.2, -0.15) is 18.3 Å². The lowest BCUT2D eigenvalue weighted by atomic mass is 9.89. The number of likely N-dealkylation sites (tertiary alicyclic amines) is 1. The average Bonchev–Trinajstić information content (AvgIpc) is 2.94. The minimum atomic E-state index is -5.13. The zero-order valence-corrected chi connectivity index (χ0v) is 27.8. The van der Waals surface area contributed by atoms with Gasteiger partial charge in [0.15, 0.2) is 0 Å². The minimum absolute atomic E-state index is 0.0135. The van der Waals surface area contributed by atoms with Crippen molar-refractivity contribution in [2.75, 3.05) is 19.6 Å². The Balaban J connectivity index is 1.79. The summed E-state index contributed by atoms with van der Waals surface area (Å²) in [4.78, 5) is 41.2. The molecule has 2 aromatic carbocycles. The van der Waals surface area contributed by atoms with Crippen molar-refractivity contribution in [3.63, 3.8) is 0 Å². The number of halogens is 5. The van der Waals surface area contributed by atoms with E-state index in [-0.39, 0.29) is 23.5 Å². The van der Waals surface area contributed by atoms with Gasteiger partial charge in [-0.05, 0) is 80.5 Å². The highest BCUT2D eigenvalue weighted by Gasteiger charge is 2.38. The topological polar surface area (TPSA) is 105 Å². The molecule has 1 aliphatic heterocycles. The lowest BCUT2D eigenvalue weighted by Gasteiger charge is -2.34. The molecule has 0 unspecified atom stereocenters. The molecule has 260 valence electrons. The summed E-state index contributed by atoms with van der Waals surface area (Å²) in [5.41, 5.74) is 0.499. The molecule has 1 aromatic heterocycles. The average molecular weight is 677 g/mol. The molecule has 2 heterocycles. The van der Waals surface area contributed by atoms with E-state index in [2.05, 4.69) is 10.4 Å². The molecule has 2 N–H and O–H groups in total. The van der Waals surface area contributed by atoms with Crippen molar-refractivity contribution in [3.8, 4) is 11.1 Å². The predicted molar refractivity (Wildman–Crippen MR) is 171 cm³/mol. The molecule has 2 atom stereocenters. The van der Waals surface area contributed by atoms with Crippen molar-refractivity contribution in [1.29, 1.82) is 0 Å². The summed E-state index contributed by atoms with van der Waals surface area (Å²) in [6.07, 6.45) is -6.53. The van der Waals surface area contributed by atoms with Crippen LogP contribution in [0.1, 0.15) is 77.8 Å². The monoisotopic (exact) mass is 676 g/mol. The fraction of sp³-hybridized carbons (Fsp3) is 0.486. The van der Waals surface area contributed by atoms with Crippen molar-refractivity contribution in [2.45, 2.75) is 85.2 Å². The highest BCUT2D eigenvalue weighted by molar-refractivity contribution is 5.82. The van der Waals surface area contributed by atoms with Crippen LogP contribution in [0.25, 0.3) is 11.1 Å². The van der Waals surface area contributed by atoms with Gasteiger partial charge < -0.3 is 10.4 Å². The number of hydrogen-bond donors (Lipinski definition) is 2. The number of aromatic nitrogens is 2. The third-order valence-electron chi connectivity index (χ3n) is 8.50.